The van der Waals surface area contributed by atoms with Gasteiger partial charge >= 0.3 is 0 Å². The van der Waals surface area contributed by atoms with Gasteiger partial charge in [-0.2, -0.15) is 8.42 Å². The van der Waals surface area contributed by atoms with Crippen LogP contribution in [0.4, 0.5) is 0 Å². The maximum absolute atomic E-state index is 11.3. The van der Waals surface area contributed by atoms with Gasteiger partial charge in [0.15, 0.2) is 0 Å². The first-order chi connectivity index (χ1) is 9.27. The molecule has 0 bridgehead atoms. The number of benzene rings is 2. The normalized spacial score (nSPS) is 11.6. The molecule has 0 aromatic heterocycles. The van der Waals surface area contributed by atoms with Crippen LogP contribution in [0.3, 0.4) is 0 Å². The van der Waals surface area contributed by atoms with E-state index in [9.17, 15) is 13.0 Å². The van der Waals surface area contributed by atoms with Crippen molar-refractivity contribution in [2.24, 2.45) is 0 Å². The van der Waals surface area contributed by atoms with Gasteiger partial charge in [-0.3, -0.25) is 4.55 Å². The predicted molar refractivity (Wildman–Crippen MR) is 81.0 cm³/mol. The summed E-state index contributed by atoms with van der Waals surface area (Å²) >= 11 is 1.47. The smallest absolute Gasteiger partial charge is 0.282 e. The minimum absolute atomic E-state index is 0.0358. The van der Waals surface area contributed by atoms with E-state index in [2.05, 4.69) is 6.07 Å². The van der Waals surface area contributed by atoms with Gasteiger partial charge in [0.2, 0.25) is 0 Å². The molecule has 0 atom stereocenters. The molecule has 0 saturated carbocycles. The van der Waals surface area contributed by atoms with Crippen molar-refractivity contribution in [2.75, 3.05) is 0 Å². The average Bonchev–Trinajstić information content (AvgIpc) is 2.35. The van der Waals surface area contributed by atoms with Crippen LogP contribution < -0.4 is 0 Å². The van der Waals surface area contributed by atoms with Gasteiger partial charge in [0.25, 0.3) is 10.1 Å². The topological polar surface area (TPSA) is 54.4 Å². The van der Waals surface area contributed by atoms with Gasteiger partial charge in [0, 0.05) is 9.79 Å². The molecule has 20 heavy (non-hydrogen) atoms. The summed E-state index contributed by atoms with van der Waals surface area (Å²) in [7, 11) is -4.18. The fourth-order valence-electron chi connectivity index (χ4n) is 1.84. The highest BCUT2D eigenvalue weighted by atomic mass is 32.2. The third-order valence-corrected chi connectivity index (χ3v) is 5.13. The summed E-state index contributed by atoms with van der Waals surface area (Å²) in [6.45, 7) is 5.75. The van der Waals surface area contributed by atoms with Crippen molar-refractivity contribution < 1.29 is 13.0 Å². The van der Waals surface area contributed by atoms with Crippen molar-refractivity contribution in [2.45, 2.75) is 35.5 Å². The molecule has 0 aliphatic heterocycles. The van der Waals surface area contributed by atoms with Crippen LogP contribution in [0, 0.1) is 20.8 Å². The third-order valence-electron chi connectivity index (χ3n) is 3.15. The van der Waals surface area contributed by atoms with Crippen LogP contribution in [-0.2, 0) is 10.1 Å². The molecule has 0 saturated heterocycles. The SMILES string of the molecule is Cc1ccc(Sc2ccc(C)c(S(=O)(=O)O)c2)cc1C. The van der Waals surface area contributed by atoms with E-state index < -0.39 is 10.1 Å². The lowest BCUT2D eigenvalue weighted by Crippen LogP contribution is -2.00. The lowest BCUT2D eigenvalue weighted by molar-refractivity contribution is 0.482. The molecular formula is C15H16O3S2. The Balaban J connectivity index is 2.37. The first-order valence-electron chi connectivity index (χ1n) is 6.10. The Morgan fingerprint density at radius 3 is 1.95 bits per heavy atom. The van der Waals surface area contributed by atoms with Gasteiger partial charge in [0.05, 0.1) is 4.90 Å². The summed E-state index contributed by atoms with van der Waals surface area (Å²) in [6.07, 6.45) is 0. The molecule has 0 amide bonds. The van der Waals surface area contributed by atoms with Crippen molar-refractivity contribution in [3.8, 4) is 0 Å². The van der Waals surface area contributed by atoms with Crippen LogP contribution in [0.1, 0.15) is 16.7 Å². The van der Waals surface area contributed by atoms with E-state index >= 15 is 0 Å². The Kier molecular flexibility index (Phi) is 4.22. The minimum atomic E-state index is -4.18. The van der Waals surface area contributed by atoms with Gasteiger partial charge in [0.1, 0.15) is 0 Å². The second-order valence-corrected chi connectivity index (χ2v) is 7.29. The van der Waals surface area contributed by atoms with Crippen molar-refractivity contribution >= 4 is 21.9 Å². The standard InChI is InChI=1S/C15H16O3S2/c1-10-4-6-13(8-12(10)3)19-14-7-5-11(2)15(9-14)20(16,17)18/h4-9H,1-3H3,(H,16,17,18). The van der Waals surface area contributed by atoms with E-state index in [4.69, 9.17) is 0 Å². The fraction of sp³-hybridized carbons (Fsp3) is 0.200. The van der Waals surface area contributed by atoms with E-state index in [1.54, 1.807) is 13.0 Å². The molecule has 106 valence electrons. The van der Waals surface area contributed by atoms with E-state index in [0.717, 1.165) is 9.79 Å². The van der Waals surface area contributed by atoms with Crippen LogP contribution in [0.5, 0.6) is 0 Å². The molecule has 0 aliphatic rings. The summed E-state index contributed by atoms with van der Waals surface area (Å²) in [5.74, 6) is 0. The van der Waals surface area contributed by atoms with Gasteiger partial charge in [-0.05, 0) is 61.7 Å². The largest absolute Gasteiger partial charge is 0.294 e. The predicted octanol–water partition coefficient (Wildman–Crippen LogP) is 4.01. The van der Waals surface area contributed by atoms with E-state index in [-0.39, 0.29) is 4.90 Å². The molecule has 2 rings (SSSR count). The fourth-order valence-corrected chi connectivity index (χ4v) is 3.62. The molecule has 0 heterocycles. The summed E-state index contributed by atoms with van der Waals surface area (Å²) < 4.78 is 31.8. The third kappa shape index (κ3) is 3.42. The maximum Gasteiger partial charge on any atom is 0.294 e. The molecule has 2 aromatic rings. The second kappa shape index (κ2) is 5.60. The Labute approximate surface area is 123 Å². The highest BCUT2D eigenvalue weighted by molar-refractivity contribution is 7.99. The average molecular weight is 308 g/mol. The summed E-state index contributed by atoms with van der Waals surface area (Å²) in [5, 5.41) is 0. The first kappa shape index (κ1) is 15.1. The summed E-state index contributed by atoms with van der Waals surface area (Å²) in [4.78, 5) is 1.79. The molecule has 5 heteroatoms. The molecule has 0 fully saturated rings. The molecule has 0 aliphatic carbocycles. The minimum Gasteiger partial charge on any atom is -0.282 e. The molecule has 0 radical (unpaired) electrons. The van der Waals surface area contributed by atoms with E-state index in [1.807, 2.05) is 32.0 Å². The molecular weight excluding hydrogens is 292 g/mol. The van der Waals surface area contributed by atoms with Crippen molar-refractivity contribution in [3.05, 3.63) is 53.1 Å². The van der Waals surface area contributed by atoms with Crippen molar-refractivity contribution in [1.29, 1.82) is 0 Å². The Bertz CT molecular complexity index is 750. The Morgan fingerprint density at radius 2 is 1.40 bits per heavy atom. The van der Waals surface area contributed by atoms with Crippen LogP contribution in [0.2, 0.25) is 0 Å². The number of aryl methyl sites for hydroxylation is 3. The Morgan fingerprint density at radius 1 is 0.850 bits per heavy atom. The first-order valence-corrected chi connectivity index (χ1v) is 8.36. The highest BCUT2D eigenvalue weighted by Gasteiger charge is 2.14. The maximum atomic E-state index is 11.3. The van der Waals surface area contributed by atoms with Crippen LogP contribution in [0.25, 0.3) is 0 Å². The second-order valence-electron chi connectivity index (χ2n) is 4.75. The molecule has 0 unspecified atom stereocenters. The number of hydrogen-bond acceptors (Lipinski definition) is 3. The summed E-state index contributed by atoms with van der Waals surface area (Å²) in [5.41, 5.74) is 2.95. The van der Waals surface area contributed by atoms with Crippen LogP contribution in [0.15, 0.2) is 51.1 Å². The molecule has 1 N–H and O–H groups in total. The van der Waals surface area contributed by atoms with Gasteiger partial charge in [-0.25, -0.2) is 0 Å². The lowest BCUT2D eigenvalue weighted by atomic mass is 10.1. The van der Waals surface area contributed by atoms with Crippen LogP contribution in [-0.4, -0.2) is 13.0 Å². The van der Waals surface area contributed by atoms with Gasteiger partial charge in [-0.15, -0.1) is 0 Å². The van der Waals surface area contributed by atoms with E-state index in [1.165, 1.54) is 29.0 Å². The zero-order chi connectivity index (χ0) is 14.9. The zero-order valence-corrected chi connectivity index (χ0v) is 13.2. The van der Waals surface area contributed by atoms with Gasteiger partial charge < -0.3 is 0 Å². The van der Waals surface area contributed by atoms with Crippen molar-refractivity contribution in [3.63, 3.8) is 0 Å². The molecule has 2 aromatic carbocycles. The van der Waals surface area contributed by atoms with Crippen LogP contribution >= 0.6 is 11.8 Å². The summed E-state index contributed by atoms with van der Waals surface area (Å²) in [6, 6.07) is 11.2. The lowest BCUT2D eigenvalue weighted by Gasteiger charge is -2.08. The quantitative estimate of drug-likeness (QED) is 0.870. The molecule has 0 spiro atoms. The van der Waals surface area contributed by atoms with Crippen molar-refractivity contribution in [1.82, 2.24) is 0 Å². The number of hydrogen-bond donors (Lipinski definition) is 1. The van der Waals surface area contributed by atoms with E-state index in [0.29, 0.717) is 5.56 Å². The van der Waals surface area contributed by atoms with Gasteiger partial charge in [-0.1, -0.05) is 23.9 Å². The highest BCUT2D eigenvalue weighted by Crippen LogP contribution is 2.31. The molecule has 3 nitrogen and oxygen atoms in total. The monoisotopic (exact) mass is 308 g/mol. The zero-order valence-electron chi connectivity index (χ0n) is 11.5. The Hall–Kier alpha value is -1.30. The number of rotatable bonds is 3.